The van der Waals surface area contributed by atoms with Gasteiger partial charge in [0, 0.05) is 5.69 Å². The molecule has 0 aliphatic heterocycles. The first-order valence-electron chi connectivity index (χ1n) is 9.89. The van der Waals surface area contributed by atoms with Crippen molar-refractivity contribution < 1.29 is 31.1 Å². The number of halogens is 3. The molecular weight excluding hydrogens is 457 g/mol. The smallest absolute Gasteiger partial charge is 0.416 e. The molecule has 0 aromatic heterocycles. The van der Waals surface area contributed by atoms with E-state index in [4.69, 9.17) is 4.74 Å². The van der Waals surface area contributed by atoms with Gasteiger partial charge in [-0.05, 0) is 61.5 Å². The highest BCUT2D eigenvalue weighted by molar-refractivity contribution is 7.92. The first-order chi connectivity index (χ1) is 15.6. The van der Waals surface area contributed by atoms with Crippen LogP contribution in [0.25, 0.3) is 0 Å². The summed E-state index contributed by atoms with van der Waals surface area (Å²) in [5, 5.41) is 2.56. The summed E-state index contributed by atoms with van der Waals surface area (Å²) in [5.41, 5.74) is -0.930. The van der Waals surface area contributed by atoms with Gasteiger partial charge in [0.2, 0.25) is 5.91 Å². The number of alkyl halides is 3. The van der Waals surface area contributed by atoms with Gasteiger partial charge in [-0.25, -0.2) is 8.42 Å². The van der Waals surface area contributed by atoms with E-state index in [1.54, 1.807) is 30.3 Å². The summed E-state index contributed by atoms with van der Waals surface area (Å²) >= 11 is 0. The Morgan fingerprint density at radius 1 is 0.970 bits per heavy atom. The Balaban J connectivity index is 1.93. The molecule has 0 spiro atoms. The van der Waals surface area contributed by atoms with Gasteiger partial charge in [-0.1, -0.05) is 24.3 Å². The van der Waals surface area contributed by atoms with Gasteiger partial charge >= 0.3 is 6.18 Å². The highest BCUT2D eigenvalue weighted by atomic mass is 32.2. The van der Waals surface area contributed by atoms with Crippen LogP contribution in [-0.2, 0) is 21.0 Å². The molecule has 0 heterocycles. The maximum atomic E-state index is 13.2. The van der Waals surface area contributed by atoms with Crippen molar-refractivity contribution in [2.45, 2.75) is 18.0 Å². The normalized spacial score (nSPS) is 11.6. The Morgan fingerprint density at radius 2 is 1.64 bits per heavy atom. The van der Waals surface area contributed by atoms with E-state index in [9.17, 15) is 26.4 Å². The Bertz CT molecular complexity index is 1200. The molecule has 0 saturated carbocycles. The molecule has 0 bridgehead atoms. The van der Waals surface area contributed by atoms with E-state index in [2.05, 4.69) is 5.32 Å². The van der Waals surface area contributed by atoms with Crippen molar-refractivity contribution in [1.82, 2.24) is 0 Å². The van der Waals surface area contributed by atoms with Crippen molar-refractivity contribution >= 4 is 27.3 Å². The van der Waals surface area contributed by atoms with Gasteiger partial charge in [0.25, 0.3) is 10.0 Å². The Labute approximate surface area is 189 Å². The molecule has 3 aromatic carbocycles. The van der Waals surface area contributed by atoms with Crippen molar-refractivity contribution in [2.24, 2.45) is 0 Å². The first-order valence-corrected chi connectivity index (χ1v) is 11.3. The lowest BCUT2D eigenvalue weighted by Crippen LogP contribution is -2.38. The highest BCUT2D eigenvalue weighted by Crippen LogP contribution is 2.33. The van der Waals surface area contributed by atoms with Gasteiger partial charge in [0.1, 0.15) is 12.3 Å². The third-order valence-corrected chi connectivity index (χ3v) is 6.32. The number of sulfonamides is 1. The first kappa shape index (κ1) is 24.1. The van der Waals surface area contributed by atoms with Crippen molar-refractivity contribution in [3.8, 4) is 5.75 Å². The van der Waals surface area contributed by atoms with Crippen LogP contribution in [0.1, 0.15) is 12.5 Å². The Morgan fingerprint density at radius 3 is 2.24 bits per heavy atom. The lowest BCUT2D eigenvalue weighted by molar-refractivity contribution is -0.137. The van der Waals surface area contributed by atoms with Crippen molar-refractivity contribution in [3.63, 3.8) is 0 Å². The molecule has 3 rings (SSSR count). The van der Waals surface area contributed by atoms with Gasteiger partial charge in [0.15, 0.2) is 0 Å². The van der Waals surface area contributed by atoms with E-state index in [0.29, 0.717) is 28.4 Å². The summed E-state index contributed by atoms with van der Waals surface area (Å²) in [4.78, 5) is 12.5. The summed E-state index contributed by atoms with van der Waals surface area (Å²) in [5.74, 6) is -0.135. The number of carbonyl (C=O) groups is 1. The predicted octanol–water partition coefficient (Wildman–Crippen LogP) is 4.94. The minimum atomic E-state index is -4.68. The molecule has 0 fully saturated rings. The SMILES string of the molecule is CCOc1ccc(NC(=O)CN(c2cccc(C(F)(F)F)c2)S(=O)(=O)c2ccccc2)cc1. The fourth-order valence-corrected chi connectivity index (χ4v) is 4.44. The number of carbonyl (C=O) groups excluding carboxylic acids is 1. The number of anilines is 2. The fourth-order valence-electron chi connectivity index (χ4n) is 3.00. The van der Waals surface area contributed by atoms with Crippen LogP contribution in [0, 0.1) is 0 Å². The summed E-state index contributed by atoms with van der Waals surface area (Å²) in [6.07, 6.45) is -4.68. The molecule has 3 aromatic rings. The van der Waals surface area contributed by atoms with Crippen molar-refractivity contribution in [1.29, 1.82) is 0 Å². The number of amides is 1. The summed E-state index contributed by atoms with van der Waals surface area (Å²) in [6.45, 7) is 1.56. The van der Waals surface area contributed by atoms with E-state index in [1.807, 2.05) is 6.92 Å². The van der Waals surface area contributed by atoms with Crippen LogP contribution < -0.4 is 14.4 Å². The van der Waals surface area contributed by atoms with Gasteiger partial charge < -0.3 is 10.1 Å². The maximum Gasteiger partial charge on any atom is 0.416 e. The second-order valence-electron chi connectivity index (χ2n) is 6.88. The van der Waals surface area contributed by atoms with E-state index >= 15 is 0 Å². The molecule has 0 radical (unpaired) electrons. The molecule has 33 heavy (non-hydrogen) atoms. The zero-order chi connectivity index (χ0) is 24.1. The second kappa shape index (κ2) is 9.95. The van der Waals surface area contributed by atoms with Crippen LogP contribution in [0.3, 0.4) is 0 Å². The Hall–Kier alpha value is -3.53. The molecule has 0 unspecified atom stereocenters. The zero-order valence-electron chi connectivity index (χ0n) is 17.5. The van der Waals surface area contributed by atoms with Crippen LogP contribution in [0.2, 0.25) is 0 Å². The monoisotopic (exact) mass is 478 g/mol. The largest absolute Gasteiger partial charge is 0.494 e. The average Bonchev–Trinajstić information content (AvgIpc) is 2.79. The molecule has 1 amide bonds. The molecule has 0 atom stereocenters. The van der Waals surface area contributed by atoms with Crippen LogP contribution in [0.5, 0.6) is 5.75 Å². The van der Waals surface area contributed by atoms with Gasteiger partial charge in [-0.3, -0.25) is 9.10 Å². The third kappa shape index (κ3) is 6.04. The summed E-state index contributed by atoms with van der Waals surface area (Å²) in [7, 11) is -4.33. The molecule has 0 aliphatic carbocycles. The van der Waals surface area contributed by atoms with E-state index < -0.39 is 34.2 Å². The molecule has 6 nitrogen and oxygen atoms in total. The van der Waals surface area contributed by atoms with E-state index in [-0.39, 0.29) is 10.6 Å². The molecule has 10 heteroatoms. The van der Waals surface area contributed by atoms with Gasteiger partial charge in [-0.15, -0.1) is 0 Å². The van der Waals surface area contributed by atoms with Crippen LogP contribution in [0.4, 0.5) is 24.5 Å². The maximum absolute atomic E-state index is 13.2. The number of benzene rings is 3. The lowest BCUT2D eigenvalue weighted by atomic mass is 10.2. The zero-order valence-corrected chi connectivity index (χ0v) is 18.4. The summed E-state index contributed by atoms with van der Waals surface area (Å²) in [6, 6.07) is 17.4. The quantitative estimate of drug-likeness (QED) is 0.498. The second-order valence-corrected chi connectivity index (χ2v) is 8.74. The number of rotatable bonds is 8. The van der Waals surface area contributed by atoms with E-state index in [1.165, 1.54) is 30.3 Å². The minimum Gasteiger partial charge on any atom is -0.494 e. The topological polar surface area (TPSA) is 75.7 Å². The number of hydrogen-bond acceptors (Lipinski definition) is 4. The van der Waals surface area contributed by atoms with Crippen molar-refractivity contribution in [2.75, 3.05) is 22.8 Å². The van der Waals surface area contributed by atoms with Gasteiger partial charge in [0.05, 0.1) is 22.8 Å². The minimum absolute atomic E-state index is 0.156. The molecule has 174 valence electrons. The molecule has 0 saturated heterocycles. The number of nitrogens with one attached hydrogen (secondary N) is 1. The third-order valence-electron chi connectivity index (χ3n) is 4.53. The number of nitrogens with zero attached hydrogens (tertiary/aromatic N) is 1. The number of hydrogen-bond donors (Lipinski definition) is 1. The standard InChI is InChI=1S/C23H21F3N2O4S/c1-2-32-20-13-11-18(12-14-20)27-22(29)16-28(33(30,31)21-9-4-3-5-10-21)19-8-6-7-17(15-19)23(24,25)26/h3-15H,2,16H2,1H3,(H,27,29). The van der Waals surface area contributed by atoms with Crippen LogP contribution >= 0.6 is 0 Å². The molecule has 1 N–H and O–H groups in total. The predicted molar refractivity (Wildman–Crippen MR) is 119 cm³/mol. The molecule has 0 aliphatic rings. The highest BCUT2D eigenvalue weighted by Gasteiger charge is 2.33. The van der Waals surface area contributed by atoms with E-state index in [0.717, 1.165) is 12.1 Å². The molecular formula is C23H21F3N2O4S. The van der Waals surface area contributed by atoms with Crippen LogP contribution in [0.15, 0.2) is 83.8 Å². The fraction of sp³-hybridized carbons (Fsp3) is 0.174. The lowest BCUT2D eigenvalue weighted by Gasteiger charge is -2.25. The van der Waals surface area contributed by atoms with Crippen molar-refractivity contribution in [3.05, 3.63) is 84.4 Å². The summed E-state index contributed by atoms with van der Waals surface area (Å²) < 4.78 is 72.2. The van der Waals surface area contributed by atoms with Gasteiger partial charge in [-0.2, -0.15) is 13.2 Å². The number of ether oxygens (including phenoxy) is 1. The van der Waals surface area contributed by atoms with Crippen LogP contribution in [-0.4, -0.2) is 27.5 Å². The Kier molecular flexibility index (Phi) is 7.27. The average molecular weight is 478 g/mol.